The molecule has 27 heavy (non-hydrogen) atoms. The number of piperidine rings is 1. The van der Waals surface area contributed by atoms with Gasteiger partial charge in [-0.3, -0.25) is 4.79 Å². The molecule has 0 spiro atoms. The maximum absolute atomic E-state index is 12.9. The third-order valence-corrected chi connectivity index (χ3v) is 5.20. The summed E-state index contributed by atoms with van der Waals surface area (Å²) in [6.45, 7) is 3.27. The highest BCUT2D eigenvalue weighted by Crippen LogP contribution is 2.24. The van der Waals surface area contributed by atoms with Crippen LogP contribution in [-0.2, 0) is 11.2 Å². The van der Waals surface area contributed by atoms with Crippen LogP contribution in [0.1, 0.15) is 40.5 Å². The van der Waals surface area contributed by atoms with Gasteiger partial charge in [0.15, 0.2) is 5.69 Å². The average molecular weight is 367 g/mol. The molecule has 1 aliphatic heterocycles. The van der Waals surface area contributed by atoms with Crippen LogP contribution in [0.4, 0.5) is 0 Å². The molecule has 8 nitrogen and oxygen atoms in total. The molecule has 0 saturated carbocycles. The Balaban J connectivity index is 1.48. The van der Waals surface area contributed by atoms with E-state index in [1.807, 2.05) is 36.2 Å². The van der Waals surface area contributed by atoms with E-state index in [1.165, 1.54) is 6.20 Å². The van der Waals surface area contributed by atoms with Crippen molar-refractivity contribution in [3.63, 3.8) is 0 Å². The minimum Gasteiger partial charge on any atom is -0.476 e. The number of para-hydroxylation sites is 1. The number of H-pyrrole nitrogens is 1. The molecular weight excluding hydrogens is 346 g/mol. The Kier molecular flexibility index (Phi) is 4.39. The van der Waals surface area contributed by atoms with Crippen molar-refractivity contribution < 1.29 is 14.7 Å². The highest BCUT2D eigenvalue weighted by atomic mass is 16.4. The number of carbonyl (C=O) groups excluding carboxylic acids is 1. The fraction of sp³-hybridized carbons (Fsp3) is 0.368. The number of nitrogens with one attached hydrogen (secondary N) is 1. The van der Waals surface area contributed by atoms with Gasteiger partial charge in [-0.25, -0.2) is 9.48 Å². The van der Waals surface area contributed by atoms with Crippen LogP contribution < -0.4 is 0 Å². The predicted octanol–water partition coefficient (Wildman–Crippen LogP) is 2.17. The number of aromatic nitrogens is 4. The SMILES string of the molecule is Cc1cccc2c(CC(=O)N3CCCC(n4cc(C(=O)O)nn4)C3)c[nH]c12. The van der Waals surface area contributed by atoms with E-state index in [0.717, 1.165) is 34.9 Å². The second kappa shape index (κ2) is 6.86. The molecule has 1 aromatic carbocycles. The first-order valence-corrected chi connectivity index (χ1v) is 9.01. The van der Waals surface area contributed by atoms with Gasteiger partial charge in [-0.2, -0.15) is 0 Å². The molecule has 0 radical (unpaired) electrons. The maximum Gasteiger partial charge on any atom is 0.358 e. The van der Waals surface area contributed by atoms with Gasteiger partial charge in [-0.1, -0.05) is 23.4 Å². The van der Waals surface area contributed by atoms with Gasteiger partial charge in [0.2, 0.25) is 5.91 Å². The monoisotopic (exact) mass is 367 g/mol. The van der Waals surface area contributed by atoms with E-state index in [1.54, 1.807) is 4.68 Å². The number of fused-ring (bicyclic) bond motifs is 1. The van der Waals surface area contributed by atoms with Crippen LogP contribution in [0.3, 0.4) is 0 Å². The minimum atomic E-state index is -1.10. The highest BCUT2D eigenvalue weighted by molar-refractivity contribution is 5.90. The van der Waals surface area contributed by atoms with Crippen molar-refractivity contribution in [2.24, 2.45) is 0 Å². The number of aromatic carboxylic acids is 1. The summed E-state index contributed by atoms with van der Waals surface area (Å²) in [4.78, 5) is 29.0. The van der Waals surface area contributed by atoms with E-state index in [9.17, 15) is 9.59 Å². The lowest BCUT2D eigenvalue weighted by atomic mass is 10.0. The lowest BCUT2D eigenvalue weighted by Crippen LogP contribution is -2.41. The Bertz CT molecular complexity index is 1010. The first-order chi connectivity index (χ1) is 13.0. The lowest BCUT2D eigenvalue weighted by Gasteiger charge is -2.32. The Morgan fingerprint density at radius 3 is 3.00 bits per heavy atom. The second-order valence-corrected chi connectivity index (χ2v) is 7.01. The fourth-order valence-corrected chi connectivity index (χ4v) is 3.74. The Labute approximate surface area is 155 Å². The third kappa shape index (κ3) is 3.30. The summed E-state index contributed by atoms with van der Waals surface area (Å²) in [6, 6.07) is 6.03. The summed E-state index contributed by atoms with van der Waals surface area (Å²) in [6.07, 6.45) is 5.38. The molecule has 1 fully saturated rings. The molecule has 3 aromatic rings. The van der Waals surface area contributed by atoms with Gasteiger partial charge in [0.25, 0.3) is 0 Å². The number of benzene rings is 1. The molecule has 3 heterocycles. The fourth-order valence-electron chi connectivity index (χ4n) is 3.74. The van der Waals surface area contributed by atoms with Gasteiger partial charge in [0, 0.05) is 30.2 Å². The molecule has 0 bridgehead atoms. The van der Waals surface area contributed by atoms with E-state index in [2.05, 4.69) is 15.3 Å². The molecule has 1 amide bonds. The van der Waals surface area contributed by atoms with Crippen molar-refractivity contribution in [1.29, 1.82) is 0 Å². The van der Waals surface area contributed by atoms with E-state index in [0.29, 0.717) is 19.5 Å². The summed E-state index contributed by atoms with van der Waals surface area (Å²) in [5.74, 6) is -1.03. The van der Waals surface area contributed by atoms with E-state index in [-0.39, 0.29) is 17.6 Å². The van der Waals surface area contributed by atoms with Crippen molar-refractivity contribution in [3.8, 4) is 0 Å². The zero-order valence-corrected chi connectivity index (χ0v) is 15.1. The van der Waals surface area contributed by atoms with Crippen molar-refractivity contribution in [2.75, 3.05) is 13.1 Å². The number of rotatable bonds is 4. The molecule has 1 unspecified atom stereocenters. The zero-order valence-electron chi connectivity index (χ0n) is 15.1. The quantitative estimate of drug-likeness (QED) is 0.735. The number of carboxylic acid groups (broad SMARTS) is 1. The van der Waals surface area contributed by atoms with Crippen LogP contribution in [0.15, 0.2) is 30.6 Å². The zero-order chi connectivity index (χ0) is 19.0. The van der Waals surface area contributed by atoms with Crippen LogP contribution in [-0.4, -0.2) is 55.0 Å². The number of aromatic amines is 1. The Morgan fingerprint density at radius 2 is 2.22 bits per heavy atom. The third-order valence-electron chi connectivity index (χ3n) is 5.20. The normalized spacial score (nSPS) is 17.4. The lowest BCUT2D eigenvalue weighted by molar-refractivity contribution is -0.132. The van der Waals surface area contributed by atoms with Crippen molar-refractivity contribution >= 4 is 22.8 Å². The number of amides is 1. The number of likely N-dealkylation sites (tertiary alicyclic amines) is 1. The number of hydrogen-bond acceptors (Lipinski definition) is 4. The summed E-state index contributed by atoms with van der Waals surface area (Å²) in [7, 11) is 0. The van der Waals surface area contributed by atoms with Gasteiger partial charge in [-0.15, -0.1) is 5.10 Å². The molecule has 0 aliphatic carbocycles. The van der Waals surface area contributed by atoms with Crippen LogP contribution in [0, 0.1) is 6.92 Å². The Morgan fingerprint density at radius 1 is 1.37 bits per heavy atom. The van der Waals surface area contributed by atoms with Gasteiger partial charge in [-0.05, 0) is 30.9 Å². The van der Waals surface area contributed by atoms with E-state index < -0.39 is 5.97 Å². The number of nitrogens with zero attached hydrogens (tertiary/aromatic N) is 4. The summed E-state index contributed by atoms with van der Waals surface area (Å²) in [5.41, 5.74) is 3.15. The molecule has 2 N–H and O–H groups in total. The first-order valence-electron chi connectivity index (χ1n) is 9.01. The number of carboxylic acids is 1. The van der Waals surface area contributed by atoms with Crippen LogP contribution >= 0.6 is 0 Å². The Hall–Kier alpha value is -3.16. The largest absolute Gasteiger partial charge is 0.476 e. The number of hydrogen-bond donors (Lipinski definition) is 2. The van der Waals surface area contributed by atoms with Crippen molar-refractivity contribution in [3.05, 3.63) is 47.4 Å². The minimum absolute atomic E-state index is 0.0477. The van der Waals surface area contributed by atoms with Gasteiger partial charge in [0.1, 0.15) is 0 Å². The van der Waals surface area contributed by atoms with Crippen molar-refractivity contribution in [1.82, 2.24) is 24.9 Å². The van der Waals surface area contributed by atoms with E-state index >= 15 is 0 Å². The van der Waals surface area contributed by atoms with Gasteiger partial charge in [0.05, 0.1) is 18.7 Å². The smallest absolute Gasteiger partial charge is 0.358 e. The maximum atomic E-state index is 12.9. The van der Waals surface area contributed by atoms with Gasteiger partial charge < -0.3 is 15.0 Å². The molecule has 140 valence electrons. The second-order valence-electron chi connectivity index (χ2n) is 7.01. The summed E-state index contributed by atoms with van der Waals surface area (Å²) >= 11 is 0. The molecular formula is C19H21N5O3. The summed E-state index contributed by atoms with van der Waals surface area (Å²) in [5, 5.41) is 17.7. The molecule has 4 rings (SSSR count). The van der Waals surface area contributed by atoms with Gasteiger partial charge >= 0.3 is 5.97 Å². The van der Waals surface area contributed by atoms with Crippen molar-refractivity contribution in [2.45, 2.75) is 32.2 Å². The molecule has 1 saturated heterocycles. The standard InChI is InChI=1S/C19H21N5O3/c1-12-4-2-6-15-13(9-20-18(12)15)8-17(25)23-7-3-5-14(10-23)24-11-16(19(26)27)21-22-24/h2,4,6,9,11,14,20H,3,5,7-8,10H2,1H3,(H,26,27). The average Bonchev–Trinajstić information content (AvgIpc) is 3.30. The first kappa shape index (κ1) is 17.3. The molecule has 1 atom stereocenters. The van der Waals surface area contributed by atoms with Crippen LogP contribution in [0.5, 0.6) is 0 Å². The predicted molar refractivity (Wildman–Crippen MR) is 98.6 cm³/mol. The van der Waals surface area contributed by atoms with Crippen LogP contribution in [0.2, 0.25) is 0 Å². The highest BCUT2D eigenvalue weighted by Gasteiger charge is 2.26. The topological polar surface area (TPSA) is 104 Å². The summed E-state index contributed by atoms with van der Waals surface area (Å²) < 4.78 is 1.57. The van der Waals surface area contributed by atoms with Crippen LogP contribution in [0.25, 0.3) is 10.9 Å². The molecule has 1 aliphatic rings. The van der Waals surface area contributed by atoms with E-state index in [4.69, 9.17) is 5.11 Å². The molecule has 2 aromatic heterocycles. The number of carbonyl (C=O) groups is 2. The molecule has 8 heteroatoms. The number of aryl methyl sites for hydroxylation is 1.